The van der Waals surface area contributed by atoms with Crippen LogP contribution < -0.4 is 20.3 Å². The van der Waals surface area contributed by atoms with Crippen LogP contribution in [0.3, 0.4) is 0 Å². The maximum Gasteiger partial charge on any atom is 0.207 e. The molecule has 0 unspecified atom stereocenters. The number of nitrogens with one attached hydrogen (secondary N) is 2. The molecule has 0 spiro atoms. The molecule has 1 heterocycles. The lowest BCUT2D eigenvalue weighted by Gasteiger charge is -2.28. The van der Waals surface area contributed by atoms with Crippen LogP contribution >= 0.6 is 0 Å². The van der Waals surface area contributed by atoms with E-state index in [4.69, 9.17) is 4.74 Å². The molecule has 1 aliphatic carbocycles. The number of carbonyl (C=O) groups is 1. The van der Waals surface area contributed by atoms with Crippen LogP contribution in [0.5, 0.6) is 5.75 Å². The van der Waals surface area contributed by atoms with Gasteiger partial charge in [0.1, 0.15) is 5.75 Å². The fraction of sp³-hybridized carbons (Fsp3) is 0.588. The minimum atomic E-state index is 0.622. The minimum Gasteiger partial charge on any atom is -0.494 e. The molecule has 1 saturated carbocycles. The van der Waals surface area contributed by atoms with E-state index in [0.29, 0.717) is 6.04 Å². The summed E-state index contributed by atoms with van der Waals surface area (Å²) < 4.78 is 5.75. The molecule has 0 atom stereocenters. The summed E-state index contributed by atoms with van der Waals surface area (Å²) in [6.45, 7) is 5.71. The van der Waals surface area contributed by atoms with Crippen LogP contribution in [0.1, 0.15) is 36.0 Å². The standard InChI is InChI=1S/C17H25N3O2/c1-12-15-10-19-9-13(15)8-16(17(12)22-2)20(14-4-5-14)7-3-6-18-11-21/h8,11,14,19H,3-7,9-10H2,1-2H3,(H,18,21). The van der Waals surface area contributed by atoms with Crippen molar-refractivity contribution in [1.29, 1.82) is 0 Å². The van der Waals surface area contributed by atoms with Crippen LogP contribution in [0.4, 0.5) is 5.69 Å². The molecule has 1 aromatic carbocycles. The topological polar surface area (TPSA) is 53.6 Å². The molecule has 3 rings (SSSR count). The number of amides is 1. The number of carbonyl (C=O) groups excluding carboxylic acids is 1. The summed E-state index contributed by atoms with van der Waals surface area (Å²) >= 11 is 0. The first kappa shape index (κ1) is 15.2. The molecule has 2 N–H and O–H groups in total. The molecule has 22 heavy (non-hydrogen) atoms. The second kappa shape index (κ2) is 6.57. The Morgan fingerprint density at radius 3 is 2.95 bits per heavy atom. The Labute approximate surface area is 132 Å². The SMILES string of the molecule is COc1c(N(CCCNC=O)C2CC2)cc2c(c1C)CNC2. The minimum absolute atomic E-state index is 0.622. The summed E-state index contributed by atoms with van der Waals surface area (Å²) in [6.07, 6.45) is 4.22. The van der Waals surface area contributed by atoms with Gasteiger partial charge in [-0.25, -0.2) is 0 Å². The highest BCUT2D eigenvalue weighted by Gasteiger charge is 2.32. The Kier molecular flexibility index (Phi) is 4.52. The van der Waals surface area contributed by atoms with Gasteiger partial charge >= 0.3 is 0 Å². The van der Waals surface area contributed by atoms with E-state index < -0.39 is 0 Å². The molecule has 0 radical (unpaired) electrons. The summed E-state index contributed by atoms with van der Waals surface area (Å²) in [5, 5.41) is 6.18. The maximum absolute atomic E-state index is 10.4. The number of methoxy groups -OCH3 is 1. The first-order valence-electron chi connectivity index (χ1n) is 8.10. The molecular formula is C17H25N3O2. The Morgan fingerprint density at radius 1 is 1.45 bits per heavy atom. The van der Waals surface area contributed by atoms with E-state index in [-0.39, 0.29) is 0 Å². The number of hydrogen-bond donors (Lipinski definition) is 2. The largest absolute Gasteiger partial charge is 0.494 e. The molecule has 0 aromatic heterocycles. The summed E-state index contributed by atoms with van der Waals surface area (Å²) in [7, 11) is 1.76. The second-order valence-corrected chi connectivity index (χ2v) is 6.15. The molecule has 1 aromatic rings. The van der Waals surface area contributed by atoms with Gasteiger partial charge in [-0.15, -0.1) is 0 Å². The predicted molar refractivity (Wildman–Crippen MR) is 87.3 cm³/mol. The summed E-state index contributed by atoms with van der Waals surface area (Å²) in [5.74, 6) is 1.01. The van der Waals surface area contributed by atoms with Gasteiger partial charge in [-0.1, -0.05) is 0 Å². The zero-order valence-electron chi connectivity index (χ0n) is 13.4. The van der Waals surface area contributed by atoms with Crippen LogP contribution in [0.25, 0.3) is 0 Å². The number of nitrogens with zero attached hydrogens (tertiary/aromatic N) is 1. The van der Waals surface area contributed by atoms with Crippen molar-refractivity contribution in [1.82, 2.24) is 10.6 Å². The summed E-state index contributed by atoms with van der Waals surface area (Å²) in [6, 6.07) is 2.92. The van der Waals surface area contributed by atoms with E-state index in [1.165, 1.54) is 35.2 Å². The number of anilines is 1. The Hall–Kier alpha value is -1.75. The molecule has 1 fully saturated rings. The van der Waals surface area contributed by atoms with Crippen molar-refractivity contribution < 1.29 is 9.53 Å². The Balaban J connectivity index is 1.86. The first-order valence-corrected chi connectivity index (χ1v) is 8.10. The molecule has 2 aliphatic rings. The number of hydrogen-bond acceptors (Lipinski definition) is 4. The van der Waals surface area contributed by atoms with E-state index in [1.807, 2.05) is 0 Å². The lowest BCUT2D eigenvalue weighted by molar-refractivity contribution is -0.109. The monoisotopic (exact) mass is 303 g/mol. The number of ether oxygens (including phenoxy) is 1. The highest BCUT2D eigenvalue weighted by molar-refractivity contribution is 5.67. The van der Waals surface area contributed by atoms with E-state index in [2.05, 4.69) is 28.5 Å². The Morgan fingerprint density at radius 2 is 2.27 bits per heavy atom. The van der Waals surface area contributed by atoms with Crippen LogP contribution in [0.2, 0.25) is 0 Å². The maximum atomic E-state index is 10.4. The van der Waals surface area contributed by atoms with Crippen molar-refractivity contribution in [3.63, 3.8) is 0 Å². The summed E-state index contributed by atoms with van der Waals surface area (Å²) in [4.78, 5) is 12.9. The van der Waals surface area contributed by atoms with Crippen LogP contribution in [0.15, 0.2) is 6.07 Å². The lowest BCUT2D eigenvalue weighted by atomic mass is 10.0. The molecule has 120 valence electrons. The fourth-order valence-electron chi connectivity index (χ4n) is 3.38. The van der Waals surface area contributed by atoms with Gasteiger partial charge in [0.15, 0.2) is 0 Å². The number of rotatable bonds is 8. The highest BCUT2D eigenvalue weighted by atomic mass is 16.5. The quantitative estimate of drug-likeness (QED) is 0.567. The zero-order valence-corrected chi connectivity index (χ0v) is 13.4. The van der Waals surface area contributed by atoms with Crippen LogP contribution in [0, 0.1) is 6.92 Å². The van der Waals surface area contributed by atoms with Gasteiger partial charge in [-0.2, -0.15) is 0 Å². The molecule has 5 nitrogen and oxygen atoms in total. The third-order valence-corrected chi connectivity index (χ3v) is 4.65. The van der Waals surface area contributed by atoms with Gasteiger partial charge in [0, 0.05) is 32.2 Å². The van der Waals surface area contributed by atoms with Crippen molar-refractivity contribution in [2.75, 3.05) is 25.1 Å². The average Bonchev–Trinajstić information content (AvgIpc) is 3.24. The van der Waals surface area contributed by atoms with Crippen molar-refractivity contribution in [3.8, 4) is 5.75 Å². The zero-order chi connectivity index (χ0) is 15.5. The van der Waals surface area contributed by atoms with Gasteiger partial charge in [-0.3, -0.25) is 4.79 Å². The normalized spacial score (nSPS) is 16.3. The second-order valence-electron chi connectivity index (χ2n) is 6.15. The van der Waals surface area contributed by atoms with Gasteiger partial charge in [0.2, 0.25) is 6.41 Å². The van der Waals surface area contributed by atoms with Crippen LogP contribution in [-0.2, 0) is 17.9 Å². The summed E-state index contributed by atoms with van der Waals surface area (Å²) in [5.41, 5.74) is 5.26. The lowest BCUT2D eigenvalue weighted by Crippen LogP contribution is -2.30. The van der Waals surface area contributed by atoms with Crippen molar-refractivity contribution in [3.05, 3.63) is 22.8 Å². The average molecular weight is 303 g/mol. The van der Waals surface area contributed by atoms with Gasteiger partial charge in [-0.05, 0) is 48.9 Å². The molecular weight excluding hydrogens is 278 g/mol. The van der Waals surface area contributed by atoms with E-state index in [1.54, 1.807) is 7.11 Å². The predicted octanol–water partition coefficient (Wildman–Crippen LogP) is 1.71. The van der Waals surface area contributed by atoms with Gasteiger partial charge in [0.05, 0.1) is 12.8 Å². The third kappa shape index (κ3) is 2.90. The molecule has 1 aliphatic heterocycles. The number of benzene rings is 1. The van der Waals surface area contributed by atoms with Crippen molar-refractivity contribution >= 4 is 12.1 Å². The van der Waals surface area contributed by atoms with Crippen molar-refractivity contribution in [2.45, 2.75) is 45.3 Å². The molecule has 0 saturated heterocycles. The van der Waals surface area contributed by atoms with E-state index >= 15 is 0 Å². The molecule has 5 heteroatoms. The van der Waals surface area contributed by atoms with Gasteiger partial charge in [0.25, 0.3) is 0 Å². The molecule has 1 amide bonds. The highest BCUT2D eigenvalue weighted by Crippen LogP contribution is 2.42. The van der Waals surface area contributed by atoms with Crippen LogP contribution in [-0.4, -0.2) is 32.7 Å². The van der Waals surface area contributed by atoms with Crippen molar-refractivity contribution in [2.24, 2.45) is 0 Å². The smallest absolute Gasteiger partial charge is 0.207 e. The third-order valence-electron chi connectivity index (χ3n) is 4.65. The molecule has 0 bridgehead atoms. The fourth-order valence-corrected chi connectivity index (χ4v) is 3.38. The Bertz CT molecular complexity index is 555. The first-order chi connectivity index (χ1) is 10.8. The van der Waals surface area contributed by atoms with Gasteiger partial charge < -0.3 is 20.3 Å². The van der Waals surface area contributed by atoms with E-state index in [9.17, 15) is 4.79 Å². The van der Waals surface area contributed by atoms with E-state index in [0.717, 1.165) is 44.8 Å². The number of fused-ring (bicyclic) bond motifs is 1.